The zero-order valence-corrected chi connectivity index (χ0v) is 16.1. The third kappa shape index (κ3) is 5.02. The fourth-order valence-electron chi connectivity index (χ4n) is 2.80. The highest BCUT2D eigenvalue weighted by atomic mass is 19.4. The number of nitro benzene ring substituents is 1. The van der Waals surface area contributed by atoms with Crippen molar-refractivity contribution in [2.75, 3.05) is 0 Å². The number of hydrogen-bond acceptors (Lipinski definition) is 4. The van der Waals surface area contributed by atoms with Crippen LogP contribution in [0.4, 0.5) is 24.5 Å². The zero-order chi connectivity index (χ0) is 21.9. The first-order valence-corrected chi connectivity index (χ1v) is 8.88. The van der Waals surface area contributed by atoms with Crippen molar-refractivity contribution in [3.63, 3.8) is 0 Å². The Morgan fingerprint density at radius 1 is 1.03 bits per heavy atom. The Labute approximate surface area is 170 Å². The molecule has 0 aliphatic carbocycles. The molecule has 0 fully saturated rings. The topological polar surface area (TPSA) is 64.7 Å². The van der Waals surface area contributed by atoms with Crippen molar-refractivity contribution in [3.8, 4) is 11.5 Å². The van der Waals surface area contributed by atoms with Crippen LogP contribution >= 0.6 is 0 Å². The molecule has 0 spiro atoms. The summed E-state index contributed by atoms with van der Waals surface area (Å²) >= 11 is 0. The molecule has 0 amide bonds. The van der Waals surface area contributed by atoms with Crippen LogP contribution in [-0.2, 0) is 6.18 Å². The van der Waals surface area contributed by atoms with Gasteiger partial charge in [0.05, 0.1) is 16.2 Å². The largest absolute Gasteiger partial charge is 0.450 e. The van der Waals surface area contributed by atoms with Gasteiger partial charge in [0.1, 0.15) is 5.75 Å². The molecule has 0 aromatic heterocycles. The normalized spacial score (nSPS) is 11.6. The van der Waals surface area contributed by atoms with Gasteiger partial charge in [-0.1, -0.05) is 29.8 Å². The smallest absolute Gasteiger partial charge is 0.416 e. The van der Waals surface area contributed by atoms with Crippen LogP contribution in [0.15, 0.2) is 65.7 Å². The van der Waals surface area contributed by atoms with Crippen LogP contribution in [0.1, 0.15) is 22.3 Å². The van der Waals surface area contributed by atoms with Gasteiger partial charge in [0, 0.05) is 12.3 Å². The second-order valence-corrected chi connectivity index (χ2v) is 6.66. The van der Waals surface area contributed by atoms with Crippen molar-refractivity contribution >= 4 is 17.6 Å². The predicted octanol–water partition coefficient (Wildman–Crippen LogP) is 6.77. The molecule has 0 N–H and O–H groups in total. The Hall–Kier alpha value is -3.68. The number of aryl methyl sites for hydroxylation is 2. The lowest BCUT2D eigenvalue weighted by atomic mass is 10.1. The summed E-state index contributed by atoms with van der Waals surface area (Å²) in [6.45, 7) is 3.94. The molecular formula is C22H17F3N2O3. The summed E-state index contributed by atoms with van der Waals surface area (Å²) in [5.74, 6) is -0.0427. The van der Waals surface area contributed by atoms with Gasteiger partial charge in [0.25, 0.3) is 0 Å². The van der Waals surface area contributed by atoms with E-state index in [-0.39, 0.29) is 11.5 Å². The quantitative estimate of drug-likeness (QED) is 0.263. The summed E-state index contributed by atoms with van der Waals surface area (Å²) in [7, 11) is 0. The number of hydrogen-bond donors (Lipinski definition) is 0. The average Bonchev–Trinajstić information content (AvgIpc) is 2.67. The molecule has 30 heavy (non-hydrogen) atoms. The molecule has 0 bridgehead atoms. The maximum Gasteiger partial charge on any atom is 0.416 e. The molecule has 0 radical (unpaired) electrons. The number of rotatable bonds is 5. The van der Waals surface area contributed by atoms with Crippen LogP contribution in [0, 0.1) is 24.0 Å². The predicted molar refractivity (Wildman–Crippen MR) is 108 cm³/mol. The number of halogens is 3. The number of benzene rings is 3. The van der Waals surface area contributed by atoms with E-state index in [9.17, 15) is 23.3 Å². The Morgan fingerprint density at radius 2 is 1.80 bits per heavy atom. The lowest BCUT2D eigenvalue weighted by Crippen LogP contribution is -2.06. The van der Waals surface area contributed by atoms with Gasteiger partial charge in [-0.05, 0) is 55.3 Å². The van der Waals surface area contributed by atoms with Gasteiger partial charge in [-0.2, -0.15) is 13.2 Å². The molecule has 8 heteroatoms. The maximum atomic E-state index is 12.8. The number of nitro groups is 1. The molecule has 0 atom stereocenters. The van der Waals surface area contributed by atoms with E-state index in [0.717, 1.165) is 28.9 Å². The highest BCUT2D eigenvalue weighted by molar-refractivity contribution is 5.83. The fraction of sp³-hybridized carbons (Fsp3) is 0.136. The monoisotopic (exact) mass is 414 g/mol. The van der Waals surface area contributed by atoms with Crippen molar-refractivity contribution in [1.29, 1.82) is 0 Å². The zero-order valence-electron chi connectivity index (χ0n) is 16.1. The molecule has 3 aromatic rings. The highest BCUT2D eigenvalue weighted by Crippen LogP contribution is 2.37. The van der Waals surface area contributed by atoms with Gasteiger partial charge in [0.2, 0.25) is 5.75 Å². The minimum Gasteiger partial charge on any atom is -0.450 e. The van der Waals surface area contributed by atoms with Crippen LogP contribution in [0.5, 0.6) is 11.5 Å². The van der Waals surface area contributed by atoms with Crippen molar-refractivity contribution in [3.05, 3.63) is 93.0 Å². The summed E-state index contributed by atoms with van der Waals surface area (Å²) in [6.07, 6.45) is -3.07. The minimum atomic E-state index is -4.69. The lowest BCUT2D eigenvalue weighted by Gasteiger charge is -2.10. The Balaban J connectivity index is 1.86. The summed E-state index contributed by atoms with van der Waals surface area (Å²) in [6, 6.07) is 14.6. The van der Waals surface area contributed by atoms with E-state index in [1.807, 2.05) is 32.0 Å². The third-order valence-electron chi connectivity index (χ3n) is 4.27. The summed E-state index contributed by atoms with van der Waals surface area (Å²) in [5.41, 5.74) is 1.72. The van der Waals surface area contributed by atoms with Gasteiger partial charge in [-0.25, -0.2) is 0 Å². The van der Waals surface area contributed by atoms with Gasteiger partial charge in [-0.3, -0.25) is 15.1 Å². The summed E-state index contributed by atoms with van der Waals surface area (Å²) in [4.78, 5) is 14.7. The number of ether oxygens (including phenoxy) is 1. The van der Waals surface area contributed by atoms with Gasteiger partial charge >= 0.3 is 11.9 Å². The van der Waals surface area contributed by atoms with Crippen LogP contribution in [0.25, 0.3) is 0 Å². The van der Waals surface area contributed by atoms with E-state index < -0.39 is 22.4 Å². The molecule has 5 nitrogen and oxygen atoms in total. The van der Waals surface area contributed by atoms with Crippen molar-refractivity contribution in [2.45, 2.75) is 20.0 Å². The molecule has 0 heterocycles. The van der Waals surface area contributed by atoms with Crippen molar-refractivity contribution in [1.82, 2.24) is 0 Å². The molecule has 0 saturated carbocycles. The maximum absolute atomic E-state index is 12.8. The number of alkyl halides is 3. The second-order valence-electron chi connectivity index (χ2n) is 6.66. The van der Waals surface area contributed by atoms with E-state index >= 15 is 0 Å². The van der Waals surface area contributed by atoms with E-state index in [1.165, 1.54) is 0 Å². The van der Waals surface area contributed by atoms with Gasteiger partial charge in [-0.15, -0.1) is 0 Å². The van der Waals surface area contributed by atoms with E-state index in [1.54, 1.807) is 30.5 Å². The second kappa shape index (κ2) is 8.36. The molecular weight excluding hydrogens is 397 g/mol. The van der Waals surface area contributed by atoms with E-state index in [2.05, 4.69) is 4.99 Å². The molecule has 0 aliphatic rings. The summed E-state index contributed by atoms with van der Waals surface area (Å²) in [5, 5.41) is 11.2. The third-order valence-corrected chi connectivity index (χ3v) is 4.27. The number of aliphatic imine (C=N–C) groups is 1. The molecule has 3 rings (SSSR count). The molecule has 0 aliphatic heterocycles. The first-order valence-electron chi connectivity index (χ1n) is 8.88. The van der Waals surface area contributed by atoms with E-state index in [4.69, 9.17) is 4.74 Å². The Morgan fingerprint density at radius 3 is 2.47 bits per heavy atom. The Kier molecular flexibility index (Phi) is 5.86. The molecule has 3 aromatic carbocycles. The first kappa shape index (κ1) is 21.0. The standard InChI is InChI=1S/C22H17F3N2O3/c1-14-6-8-19(15(2)10-14)26-13-16-4-3-5-18(11-16)30-21-9-7-17(22(23,24)25)12-20(21)27(28)29/h3-13H,1-2H3. The van der Waals surface area contributed by atoms with Crippen LogP contribution in [-0.4, -0.2) is 11.1 Å². The highest BCUT2D eigenvalue weighted by Gasteiger charge is 2.33. The SMILES string of the molecule is Cc1ccc(N=Cc2cccc(Oc3ccc(C(F)(F)F)cc3[N+](=O)[O-])c2)c(C)c1. The van der Waals surface area contributed by atoms with Crippen LogP contribution in [0.2, 0.25) is 0 Å². The molecule has 0 saturated heterocycles. The molecule has 154 valence electrons. The van der Waals surface area contributed by atoms with Crippen LogP contribution in [0.3, 0.4) is 0 Å². The first-order chi connectivity index (χ1) is 14.1. The minimum absolute atomic E-state index is 0.238. The lowest BCUT2D eigenvalue weighted by molar-refractivity contribution is -0.385. The average molecular weight is 414 g/mol. The molecule has 0 unspecified atom stereocenters. The van der Waals surface area contributed by atoms with Gasteiger partial charge in [0.15, 0.2) is 0 Å². The van der Waals surface area contributed by atoms with Crippen LogP contribution < -0.4 is 4.74 Å². The fourth-order valence-corrected chi connectivity index (χ4v) is 2.80. The van der Waals surface area contributed by atoms with Gasteiger partial charge < -0.3 is 4.74 Å². The summed E-state index contributed by atoms with van der Waals surface area (Å²) < 4.78 is 44.0. The van der Waals surface area contributed by atoms with Crippen molar-refractivity contribution < 1.29 is 22.8 Å². The number of nitrogens with zero attached hydrogens (tertiary/aromatic N) is 2. The Bertz CT molecular complexity index is 1120. The van der Waals surface area contributed by atoms with E-state index in [0.29, 0.717) is 11.6 Å². The van der Waals surface area contributed by atoms with Crippen molar-refractivity contribution in [2.24, 2.45) is 4.99 Å².